The van der Waals surface area contributed by atoms with Gasteiger partial charge in [-0.05, 0) is 37.2 Å². The highest BCUT2D eigenvalue weighted by atomic mass is 16.5. The maximum absolute atomic E-state index is 12.2. The highest BCUT2D eigenvalue weighted by Crippen LogP contribution is 2.24. The second-order valence-corrected chi connectivity index (χ2v) is 6.37. The van der Waals surface area contributed by atoms with Crippen LogP contribution in [0.25, 0.3) is 0 Å². The van der Waals surface area contributed by atoms with Crippen molar-refractivity contribution in [3.05, 3.63) is 23.9 Å². The minimum atomic E-state index is -0.137. The smallest absolute Gasteiger partial charge is 0.251 e. The van der Waals surface area contributed by atoms with Gasteiger partial charge in [0.05, 0.1) is 0 Å². The first kappa shape index (κ1) is 15.8. The van der Waals surface area contributed by atoms with Crippen LogP contribution >= 0.6 is 0 Å². The zero-order chi connectivity index (χ0) is 15.3. The Labute approximate surface area is 125 Å². The standard InChI is InChI=1S/C16H24N2O3/c1-16(2,7-9-19)11-18-15(20)12-6-8-17-14(10-12)21-13-4-3-5-13/h6,8,10,13,19H,3-5,7,9,11H2,1-2H3,(H,18,20). The number of pyridine rings is 1. The fourth-order valence-corrected chi connectivity index (χ4v) is 2.09. The van der Waals surface area contributed by atoms with Crippen LogP contribution in [-0.2, 0) is 0 Å². The molecular formula is C16H24N2O3. The number of aliphatic hydroxyl groups excluding tert-OH is 1. The van der Waals surface area contributed by atoms with Crippen molar-refractivity contribution in [2.75, 3.05) is 13.2 Å². The fourth-order valence-electron chi connectivity index (χ4n) is 2.09. The van der Waals surface area contributed by atoms with Crippen molar-refractivity contribution in [2.24, 2.45) is 5.41 Å². The summed E-state index contributed by atoms with van der Waals surface area (Å²) in [6.07, 6.45) is 5.83. The first-order valence-corrected chi connectivity index (χ1v) is 7.52. The van der Waals surface area contributed by atoms with Crippen molar-refractivity contribution in [1.29, 1.82) is 0 Å². The average molecular weight is 292 g/mol. The molecule has 1 aromatic heterocycles. The number of carbonyl (C=O) groups excluding carboxylic acids is 1. The van der Waals surface area contributed by atoms with E-state index in [-0.39, 0.29) is 24.0 Å². The van der Waals surface area contributed by atoms with Crippen LogP contribution in [0.4, 0.5) is 0 Å². The molecule has 0 radical (unpaired) electrons. The first-order chi connectivity index (χ1) is 10.00. The molecule has 0 saturated heterocycles. The second-order valence-electron chi connectivity index (χ2n) is 6.37. The molecule has 0 unspecified atom stereocenters. The zero-order valence-electron chi connectivity index (χ0n) is 12.8. The molecule has 2 N–H and O–H groups in total. The average Bonchev–Trinajstić information content (AvgIpc) is 2.41. The molecule has 1 fully saturated rings. The van der Waals surface area contributed by atoms with Gasteiger partial charge in [0.2, 0.25) is 5.88 Å². The van der Waals surface area contributed by atoms with E-state index in [4.69, 9.17) is 9.84 Å². The molecule has 5 heteroatoms. The quantitative estimate of drug-likeness (QED) is 0.808. The van der Waals surface area contributed by atoms with Crippen LogP contribution in [0.15, 0.2) is 18.3 Å². The van der Waals surface area contributed by atoms with E-state index in [2.05, 4.69) is 10.3 Å². The maximum Gasteiger partial charge on any atom is 0.251 e. The normalized spacial score (nSPS) is 15.4. The summed E-state index contributed by atoms with van der Waals surface area (Å²) in [5.74, 6) is 0.379. The molecular weight excluding hydrogens is 268 g/mol. The molecule has 1 heterocycles. The van der Waals surface area contributed by atoms with Gasteiger partial charge in [-0.15, -0.1) is 0 Å². The van der Waals surface area contributed by atoms with E-state index >= 15 is 0 Å². The van der Waals surface area contributed by atoms with Crippen molar-refractivity contribution in [3.8, 4) is 5.88 Å². The number of aromatic nitrogens is 1. The topological polar surface area (TPSA) is 71.5 Å². The molecule has 1 aliphatic carbocycles. The van der Waals surface area contributed by atoms with Crippen molar-refractivity contribution >= 4 is 5.91 Å². The minimum absolute atomic E-state index is 0.122. The Morgan fingerprint density at radius 1 is 1.52 bits per heavy atom. The van der Waals surface area contributed by atoms with Crippen LogP contribution in [-0.4, -0.2) is 35.3 Å². The van der Waals surface area contributed by atoms with Crippen LogP contribution in [0.5, 0.6) is 5.88 Å². The fraction of sp³-hybridized carbons (Fsp3) is 0.625. The molecule has 0 atom stereocenters. The minimum Gasteiger partial charge on any atom is -0.474 e. The van der Waals surface area contributed by atoms with E-state index in [1.807, 2.05) is 13.8 Å². The number of nitrogens with zero attached hydrogens (tertiary/aromatic N) is 1. The molecule has 2 rings (SSSR count). The number of aliphatic hydroxyl groups is 1. The third-order valence-corrected chi connectivity index (χ3v) is 3.85. The lowest BCUT2D eigenvalue weighted by atomic mass is 9.89. The van der Waals surface area contributed by atoms with Gasteiger partial charge < -0.3 is 15.2 Å². The summed E-state index contributed by atoms with van der Waals surface area (Å²) in [5.41, 5.74) is 0.432. The summed E-state index contributed by atoms with van der Waals surface area (Å²) in [6.45, 7) is 4.67. The molecule has 1 aliphatic rings. The predicted molar refractivity (Wildman–Crippen MR) is 80.3 cm³/mol. The van der Waals surface area contributed by atoms with E-state index in [9.17, 15) is 4.79 Å². The van der Waals surface area contributed by atoms with Crippen molar-refractivity contribution in [2.45, 2.75) is 45.6 Å². The summed E-state index contributed by atoms with van der Waals surface area (Å²) in [5, 5.41) is 11.9. The van der Waals surface area contributed by atoms with E-state index in [1.165, 1.54) is 6.42 Å². The van der Waals surface area contributed by atoms with Gasteiger partial charge in [0.1, 0.15) is 6.10 Å². The third-order valence-electron chi connectivity index (χ3n) is 3.85. The lowest BCUT2D eigenvalue weighted by Crippen LogP contribution is -2.34. The first-order valence-electron chi connectivity index (χ1n) is 7.52. The SMILES string of the molecule is CC(C)(CCO)CNC(=O)c1ccnc(OC2CCC2)c1. The van der Waals surface area contributed by atoms with Gasteiger partial charge in [0.25, 0.3) is 5.91 Å². The predicted octanol–water partition coefficient (Wildman–Crippen LogP) is 2.15. The number of carbonyl (C=O) groups is 1. The van der Waals surface area contributed by atoms with E-state index in [1.54, 1.807) is 18.3 Å². The molecule has 0 bridgehead atoms. The van der Waals surface area contributed by atoms with Crippen molar-refractivity contribution in [3.63, 3.8) is 0 Å². The summed E-state index contributed by atoms with van der Waals surface area (Å²) in [4.78, 5) is 16.3. The van der Waals surface area contributed by atoms with Gasteiger partial charge in [-0.25, -0.2) is 4.98 Å². The Balaban J connectivity index is 1.90. The second kappa shape index (κ2) is 6.89. The molecule has 0 aromatic carbocycles. The molecule has 21 heavy (non-hydrogen) atoms. The van der Waals surface area contributed by atoms with Crippen molar-refractivity contribution < 1.29 is 14.6 Å². The Morgan fingerprint density at radius 3 is 2.90 bits per heavy atom. The van der Waals surface area contributed by atoms with Gasteiger partial charge in [0, 0.05) is 31.0 Å². The molecule has 1 amide bonds. The highest BCUT2D eigenvalue weighted by Gasteiger charge is 2.21. The van der Waals surface area contributed by atoms with Gasteiger partial charge in [-0.3, -0.25) is 4.79 Å². The molecule has 1 saturated carbocycles. The number of ether oxygens (including phenoxy) is 1. The molecule has 0 aliphatic heterocycles. The third kappa shape index (κ3) is 4.70. The molecule has 1 aromatic rings. The Morgan fingerprint density at radius 2 is 2.29 bits per heavy atom. The number of rotatable bonds is 7. The Kier molecular flexibility index (Phi) is 5.17. The van der Waals surface area contributed by atoms with Crippen LogP contribution in [0.3, 0.4) is 0 Å². The largest absolute Gasteiger partial charge is 0.474 e. The van der Waals surface area contributed by atoms with Crippen LogP contribution in [0.2, 0.25) is 0 Å². The van der Waals surface area contributed by atoms with E-state index in [0.717, 1.165) is 12.8 Å². The van der Waals surface area contributed by atoms with Crippen molar-refractivity contribution in [1.82, 2.24) is 10.3 Å². The van der Waals surface area contributed by atoms with E-state index < -0.39 is 0 Å². The Hall–Kier alpha value is -1.62. The van der Waals surface area contributed by atoms with Crippen LogP contribution in [0, 0.1) is 5.41 Å². The van der Waals surface area contributed by atoms with Crippen LogP contribution in [0.1, 0.15) is 49.9 Å². The number of nitrogens with one attached hydrogen (secondary N) is 1. The Bertz CT molecular complexity index is 484. The summed E-state index contributed by atoms with van der Waals surface area (Å²) in [7, 11) is 0. The maximum atomic E-state index is 12.2. The lowest BCUT2D eigenvalue weighted by Gasteiger charge is -2.26. The van der Waals surface area contributed by atoms with Gasteiger partial charge in [0.15, 0.2) is 0 Å². The molecule has 5 nitrogen and oxygen atoms in total. The zero-order valence-corrected chi connectivity index (χ0v) is 12.8. The number of hydrogen-bond donors (Lipinski definition) is 2. The van der Waals surface area contributed by atoms with Gasteiger partial charge in [-0.1, -0.05) is 13.8 Å². The summed E-state index contributed by atoms with van der Waals surface area (Å²) in [6, 6.07) is 3.37. The van der Waals surface area contributed by atoms with Crippen LogP contribution < -0.4 is 10.1 Å². The number of hydrogen-bond acceptors (Lipinski definition) is 4. The van der Waals surface area contributed by atoms with Gasteiger partial charge >= 0.3 is 0 Å². The molecule has 116 valence electrons. The lowest BCUT2D eigenvalue weighted by molar-refractivity contribution is 0.0924. The van der Waals surface area contributed by atoms with Gasteiger partial charge in [-0.2, -0.15) is 0 Å². The summed E-state index contributed by atoms with van der Waals surface area (Å²) < 4.78 is 5.70. The number of amides is 1. The highest BCUT2D eigenvalue weighted by molar-refractivity contribution is 5.94. The summed E-state index contributed by atoms with van der Waals surface area (Å²) >= 11 is 0. The van der Waals surface area contributed by atoms with E-state index in [0.29, 0.717) is 24.4 Å². The monoisotopic (exact) mass is 292 g/mol. The molecule has 0 spiro atoms.